The van der Waals surface area contributed by atoms with E-state index in [4.69, 9.17) is 5.11 Å². The Hall–Kier alpha value is -0.0800. The Morgan fingerprint density at radius 3 is 2.58 bits per heavy atom. The minimum atomic E-state index is 0.351. The van der Waals surface area contributed by atoms with Gasteiger partial charge in [0.2, 0.25) is 0 Å². The first-order valence-corrected chi connectivity index (χ1v) is 5.11. The standard InChI is InChI=1S/C10H19NO/c1-9(3-2-6-12)11-7-10(8-11)4-5-10/h9,12H,2-8H2,1H3. The van der Waals surface area contributed by atoms with E-state index < -0.39 is 0 Å². The lowest BCUT2D eigenvalue weighted by Crippen LogP contribution is -2.52. The summed E-state index contributed by atoms with van der Waals surface area (Å²) in [6, 6.07) is 0.698. The number of likely N-dealkylation sites (tertiary alicyclic amines) is 1. The van der Waals surface area contributed by atoms with Gasteiger partial charge in [-0.2, -0.15) is 0 Å². The van der Waals surface area contributed by atoms with Crippen LogP contribution in [-0.2, 0) is 0 Å². The van der Waals surface area contributed by atoms with Crippen molar-refractivity contribution in [3.05, 3.63) is 0 Å². The summed E-state index contributed by atoms with van der Waals surface area (Å²) >= 11 is 0. The van der Waals surface area contributed by atoms with Crippen LogP contribution in [0, 0.1) is 5.41 Å². The summed E-state index contributed by atoms with van der Waals surface area (Å²) in [7, 11) is 0. The molecule has 0 aromatic rings. The Kier molecular flexibility index (Phi) is 2.13. The molecule has 0 radical (unpaired) electrons. The van der Waals surface area contributed by atoms with E-state index in [0.717, 1.165) is 18.3 Å². The first-order valence-electron chi connectivity index (χ1n) is 5.11. The first kappa shape index (κ1) is 8.52. The molecule has 0 aromatic heterocycles. The minimum absolute atomic E-state index is 0.351. The lowest BCUT2D eigenvalue weighted by atomic mass is 9.94. The van der Waals surface area contributed by atoms with E-state index in [1.165, 1.54) is 25.9 Å². The predicted octanol–water partition coefficient (Wildman–Crippen LogP) is 1.24. The van der Waals surface area contributed by atoms with Crippen molar-refractivity contribution in [2.24, 2.45) is 5.41 Å². The highest BCUT2D eigenvalue weighted by Gasteiger charge is 2.52. The van der Waals surface area contributed by atoms with E-state index in [-0.39, 0.29) is 0 Å². The van der Waals surface area contributed by atoms with Gasteiger partial charge >= 0.3 is 0 Å². The van der Waals surface area contributed by atoms with Crippen molar-refractivity contribution in [3.8, 4) is 0 Å². The molecule has 1 saturated heterocycles. The van der Waals surface area contributed by atoms with Crippen LogP contribution >= 0.6 is 0 Å². The third kappa shape index (κ3) is 1.50. The molecule has 1 atom stereocenters. The highest BCUT2D eigenvalue weighted by Crippen LogP contribution is 2.53. The quantitative estimate of drug-likeness (QED) is 0.684. The number of aliphatic hydroxyl groups is 1. The number of rotatable bonds is 4. The van der Waals surface area contributed by atoms with E-state index in [1.54, 1.807) is 0 Å². The maximum atomic E-state index is 8.68. The molecule has 0 amide bonds. The molecule has 2 nitrogen and oxygen atoms in total. The lowest BCUT2D eigenvalue weighted by molar-refractivity contribution is 0.0374. The summed E-state index contributed by atoms with van der Waals surface area (Å²) in [6.07, 6.45) is 5.06. The van der Waals surface area contributed by atoms with Crippen LogP contribution in [0.3, 0.4) is 0 Å². The average Bonchev–Trinajstić information content (AvgIpc) is 2.76. The zero-order chi connectivity index (χ0) is 8.60. The normalized spacial score (nSPS) is 28.5. The van der Waals surface area contributed by atoms with Crippen molar-refractivity contribution >= 4 is 0 Å². The van der Waals surface area contributed by atoms with E-state index in [9.17, 15) is 0 Å². The second-order valence-electron chi connectivity index (χ2n) is 4.62. The summed E-state index contributed by atoms with van der Waals surface area (Å²) < 4.78 is 0. The molecule has 0 bridgehead atoms. The fraction of sp³-hybridized carbons (Fsp3) is 1.00. The second-order valence-corrected chi connectivity index (χ2v) is 4.62. The molecule has 1 saturated carbocycles. The van der Waals surface area contributed by atoms with Gasteiger partial charge in [-0.3, -0.25) is 4.90 Å². The summed E-state index contributed by atoms with van der Waals surface area (Å²) in [5, 5.41) is 8.68. The first-order chi connectivity index (χ1) is 5.76. The molecular formula is C10H19NO. The fourth-order valence-corrected chi connectivity index (χ4v) is 2.19. The molecule has 1 N–H and O–H groups in total. The van der Waals surface area contributed by atoms with Crippen molar-refractivity contribution in [1.29, 1.82) is 0 Å². The summed E-state index contributed by atoms with van der Waals surface area (Å²) in [5.41, 5.74) is 0.785. The fourth-order valence-electron chi connectivity index (χ4n) is 2.19. The van der Waals surface area contributed by atoms with Gasteiger partial charge in [-0.15, -0.1) is 0 Å². The van der Waals surface area contributed by atoms with E-state index in [0.29, 0.717) is 12.6 Å². The summed E-state index contributed by atoms with van der Waals surface area (Å²) in [6.45, 7) is 5.30. The molecule has 1 spiro atoms. The summed E-state index contributed by atoms with van der Waals surface area (Å²) in [4.78, 5) is 2.56. The third-order valence-corrected chi connectivity index (χ3v) is 3.44. The van der Waals surface area contributed by atoms with E-state index in [1.807, 2.05) is 0 Å². The molecule has 70 valence electrons. The van der Waals surface area contributed by atoms with Crippen molar-refractivity contribution in [1.82, 2.24) is 4.90 Å². The number of nitrogens with zero attached hydrogens (tertiary/aromatic N) is 1. The minimum Gasteiger partial charge on any atom is -0.396 e. The Morgan fingerprint density at radius 1 is 1.42 bits per heavy atom. The zero-order valence-electron chi connectivity index (χ0n) is 7.92. The monoisotopic (exact) mass is 169 g/mol. The molecule has 2 aliphatic rings. The van der Waals surface area contributed by atoms with Crippen LogP contribution < -0.4 is 0 Å². The predicted molar refractivity (Wildman–Crippen MR) is 49.0 cm³/mol. The highest BCUT2D eigenvalue weighted by atomic mass is 16.2. The van der Waals surface area contributed by atoms with Crippen molar-refractivity contribution in [2.45, 2.75) is 38.6 Å². The average molecular weight is 169 g/mol. The van der Waals surface area contributed by atoms with Gasteiger partial charge in [-0.05, 0) is 38.0 Å². The Morgan fingerprint density at radius 2 is 2.08 bits per heavy atom. The maximum absolute atomic E-state index is 8.68. The lowest BCUT2D eigenvalue weighted by Gasteiger charge is -2.44. The van der Waals surface area contributed by atoms with Crippen LogP contribution in [-0.4, -0.2) is 35.7 Å². The van der Waals surface area contributed by atoms with Crippen LogP contribution in [0.5, 0.6) is 0 Å². The summed E-state index contributed by atoms with van der Waals surface area (Å²) in [5.74, 6) is 0. The largest absolute Gasteiger partial charge is 0.396 e. The Balaban J connectivity index is 1.65. The molecule has 1 heterocycles. The van der Waals surface area contributed by atoms with E-state index >= 15 is 0 Å². The van der Waals surface area contributed by atoms with Gasteiger partial charge in [0.15, 0.2) is 0 Å². The third-order valence-electron chi connectivity index (χ3n) is 3.44. The van der Waals surface area contributed by atoms with Crippen molar-refractivity contribution < 1.29 is 5.11 Å². The molecule has 0 aromatic carbocycles. The van der Waals surface area contributed by atoms with Crippen molar-refractivity contribution in [2.75, 3.05) is 19.7 Å². The smallest absolute Gasteiger partial charge is 0.0431 e. The SMILES string of the molecule is CC(CCCO)N1CC2(CC2)C1. The molecular weight excluding hydrogens is 150 g/mol. The van der Waals surface area contributed by atoms with Gasteiger partial charge in [-0.25, -0.2) is 0 Å². The molecule has 2 heteroatoms. The van der Waals surface area contributed by atoms with Gasteiger partial charge in [0, 0.05) is 25.7 Å². The van der Waals surface area contributed by atoms with Crippen LogP contribution in [0.25, 0.3) is 0 Å². The van der Waals surface area contributed by atoms with Gasteiger partial charge < -0.3 is 5.11 Å². The second kappa shape index (κ2) is 3.00. The Bertz CT molecular complexity index is 157. The van der Waals surface area contributed by atoms with Gasteiger partial charge in [0.1, 0.15) is 0 Å². The van der Waals surface area contributed by atoms with Crippen LogP contribution in [0.15, 0.2) is 0 Å². The molecule has 2 rings (SSSR count). The molecule has 1 aliphatic carbocycles. The topological polar surface area (TPSA) is 23.5 Å². The van der Waals surface area contributed by atoms with Crippen molar-refractivity contribution in [3.63, 3.8) is 0 Å². The van der Waals surface area contributed by atoms with Gasteiger partial charge in [-0.1, -0.05) is 0 Å². The zero-order valence-corrected chi connectivity index (χ0v) is 7.92. The maximum Gasteiger partial charge on any atom is 0.0431 e. The highest BCUT2D eigenvalue weighted by molar-refractivity contribution is 5.06. The van der Waals surface area contributed by atoms with Gasteiger partial charge in [0.25, 0.3) is 0 Å². The van der Waals surface area contributed by atoms with Gasteiger partial charge in [0.05, 0.1) is 0 Å². The molecule has 12 heavy (non-hydrogen) atoms. The van der Waals surface area contributed by atoms with Crippen LogP contribution in [0.4, 0.5) is 0 Å². The molecule has 1 unspecified atom stereocenters. The number of aliphatic hydroxyl groups excluding tert-OH is 1. The van der Waals surface area contributed by atoms with Crippen LogP contribution in [0.1, 0.15) is 32.6 Å². The number of hydrogen-bond acceptors (Lipinski definition) is 2. The van der Waals surface area contributed by atoms with E-state index in [2.05, 4.69) is 11.8 Å². The molecule has 2 fully saturated rings. The number of hydrogen-bond donors (Lipinski definition) is 1. The Labute approximate surface area is 74.6 Å². The molecule has 1 aliphatic heterocycles. The van der Waals surface area contributed by atoms with Crippen LogP contribution in [0.2, 0.25) is 0 Å².